The molecule has 3 rings (SSSR count). The number of halogens is 1. The lowest BCUT2D eigenvalue weighted by atomic mass is 10.2. The lowest BCUT2D eigenvalue weighted by Gasteiger charge is -2.15. The number of carbonyl (C=O) groups is 1. The summed E-state index contributed by atoms with van der Waals surface area (Å²) in [5, 5.41) is 9.24. The van der Waals surface area contributed by atoms with Gasteiger partial charge in [-0.25, -0.2) is 19.7 Å². The van der Waals surface area contributed by atoms with E-state index >= 15 is 0 Å². The van der Waals surface area contributed by atoms with E-state index in [0.717, 1.165) is 11.3 Å². The second-order valence-corrected chi connectivity index (χ2v) is 4.55. The Hall–Kier alpha value is -2.21. The molecule has 0 amide bonds. The molecule has 3 heterocycles. The van der Waals surface area contributed by atoms with Gasteiger partial charge < -0.3 is 10.0 Å². The van der Waals surface area contributed by atoms with Crippen LogP contribution in [0.5, 0.6) is 0 Å². The third-order valence-corrected chi connectivity index (χ3v) is 3.13. The predicted octanol–water partition coefficient (Wildman–Crippen LogP) is 1.74. The van der Waals surface area contributed by atoms with Crippen LogP contribution in [0.3, 0.4) is 0 Å². The highest BCUT2D eigenvalue weighted by Gasteiger charge is 2.22. The first kappa shape index (κ1) is 11.9. The zero-order chi connectivity index (χ0) is 13.4. The Bertz CT molecular complexity index is 645. The van der Waals surface area contributed by atoms with Crippen molar-refractivity contribution in [3.63, 3.8) is 0 Å². The second-order valence-electron chi connectivity index (χ2n) is 4.16. The minimum atomic E-state index is -1.09. The molecule has 0 radical (unpaired) electrons. The number of hydrogen-bond donors (Lipinski definition) is 1. The molecule has 0 atom stereocenters. The monoisotopic (exact) mass is 276 g/mol. The lowest BCUT2D eigenvalue weighted by molar-refractivity contribution is 0.0690. The minimum Gasteiger partial charge on any atom is -0.476 e. The maximum absolute atomic E-state index is 10.7. The Morgan fingerprint density at radius 3 is 2.79 bits per heavy atom. The van der Waals surface area contributed by atoms with Crippen LogP contribution in [0.2, 0.25) is 5.15 Å². The summed E-state index contributed by atoms with van der Waals surface area (Å²) < 4.78 is 0. The topological polar surface area (TPSA) is 79.2 Å². The third kappa shape index (κ3) is 2.22. The van der Waals surface area contributed by atoms with Gasteiger partial charge in [-0.3, -0.25) is 0 Å². The maximum atomic E-state index is 10.7. The van der Waals surface area contributed by atoms with E-state index < -0.39 is 5.97 Å². The molecule has 0 aliphatic carbocycles. The van der Waals surface area contributed by atoms with Crippen molar-refractivity contribution in [2.24, 2.45) is 0 Å². The molecule has 0 saturated heterocycles. The van der Waals surface area contributed by atoms with Gasteiger partial charge in [-0.15, -0.1) is 0 Å². The number of aromatic carboxylic acids is 1. The van der Waals surface area contributed by atoms with Crippen molar-refractivity contribution < 1.29 is 9.90 Å². The minimum absolute atomic E-state index is 0.0679. The SMILES string of the molecule is O=C(O)c1cnc(N2Cc3ccc(Cl)nc3C2)cn1. The molecule has 0 aromatic carbocycles. The second kappa shape index (κ2) is 4.47. The molecule has 0 fully saturated rings. The average Bonchev–Trinajstić information content (AvgIpc) is 2.81. The van der Waals surface area contributed by atoms with Crippen LogP contribution in [0.1, 0.15) is 21.7 Å². The van der Waals surface area contributed by atoms with E-state index in [1.165, 1.54) is 12.4 Å². The fourth-order valence-electron chi connectivity index (χ4n) is 1.98. The molecule has 0 saturated carbocycles. The van der Waals surface area contributed by atoms with Crippen molar-refractivity contribution in [1.82, 2.24) is 15.0 Å². The van der Waals surface area contributed by atoms with Gasteiger partial charge in [0.1, 0.15) is 11.0 Å². The molecule has 0 unspecified atom stereocenters. The van der Waals surface area contributed by atoms with Crippen LogP contribution < -0.4 is 4.90 Å². The maximum Gasteiger partial charge on any atom is 0.356 e. The molecule has 0 spiro atoms. The van der Waals surface area contributed by atoms with Gasteiger partial charge in [-0.2, -0.15) is 0 Å². The molecular formula is C12H9ClN4O2. The van der Waals surface area contributed by atoms with Gasteiger partial charge in [0.2, 0.25) is 0 Å². The van der Waals surface area contributed by atoms with E-state index in [2.05, 4.69) is 15.0 Å². The molecule has 2 aromatic rings. The van der Waals surface area contributed by atoms with E-state index in [9.17, 15) is 4.79 Å². The van der Waals surface area contributed by atoms with Crippen LogP contribution in [0.4, 0.5) is 5.82 Å². The normalized spacial score (nSPS) is 13.4. The van der Waals surface area contributed by atoms with Crippen molar-refractivity contribution in [2.45, 2.75) is 13.1 Å². The Morgan fingerprint density at radius 1 is 1.26 bits per heavy atom. The highest BCUT2D eigenvalue weighted by molar-refractivity contribution is 6.29. The molecule has 1 aliphatic rings. The van der Waals surface area contributed by atoms with Gasteiger partial charge in [0.25, 0.3) is 0 Å². The summed E-state index contributed by atoms with van der Waals surface area (Å²) in [6.07, 6.45) is 2.71. The Labute approximate surface area is 113 Å². The predicted molar refractivity (Wildman–Crippen MR) is 68.1 cm³/mol. The molecule has 7 heteroatoms. The molecule has 0 bridgehead atoms. The smallest absolute Gasteiger partial charge is 0.356 e. The lowest BCUT2D eigenvalue weighted by Crippen LogP contribution is -2.17. The summed E-state index contributed by atoms with van der Waals surface area (Å²) in [5.41, 5.74) is 1.94. The molecule has 1 N–H and O–H groups in total. The van der Waals surface area contributed by atoms with E-state index in [0.29, 0.717) is 24.1 Å². The van der Waals surface area contributed by atoms with Gasteiger partial charge in [-0.1, -0.05) is 17.7 Å². The van der Waals surface area contributed by atoms with Crippen LogP contribution in [-0.2, 0) is 13.1 Å². The first-order valence-corrected chi connectivity index (χ1v) is 5.96. The number of aromatic nitrogens is 3. The molecular weight excluding hydrogens is 268 g/mol. The van der Waals surface area contributed by atoms with Gasteiger partial charge in [-0.05, 0) is 11.6 Å². The average molecular weight is 277 g/mol. The van der Waals surface area contributed by atoms with Gasteiger partial charge >= 0.3 is 5.97 Å². The summed E-state index contributed by atoms with van der Waals surface area (Å²) in [6, 6.07) is 3.69. The summed E-state index contributed by atoms with van der Waals surface area (Å²) in [7, 11) is 0. The molecule has 6 nitrogen and oxygen atoms in total. The highest BCUT2D eigenvalue weighted by Crippen LogP contribution is 2.26. The van der Waals surface area contributed by atoms with E-state index in [4.69, 9.17) is 16.7 Å². The number of anilines is 1. The third-order valence-electron chi connectivity index (χ3n) is 2.92. The van der Waals surface area contributed by atoms with Gasteiger partial charge in [0, 0.05) is 6.54 Å². The van der Waals surface area contributed by atoms with E-state index in [1.54, 1.807) is 6.07 Å². The van der Waals surface area contributed by atoms with Gasteiger partial charge in [0.05, 0.1) is 24.6 Å². The van der Waals surface area contributed by atoms with Crippen LogP contribution in [0.25, 0.3) is 0 Å². The standard InChI is InChI=1S/C12H9ClN4O2/c13-10-2-1-7-5-17(6-9(7)16-10)11-4-14-8(3-15-11)12(18)19/h1-4H,5-6H2,(H,18,19). The number of nitrogens with zero attached hydrogens (tertiary/aromatic N) is 4. The van der Waals surface area contributed by atoms with Gasteiger partial charge in [0.15, 0.2) is 5.69 Å². The van der Waals surface area contributed by atoms with Crippen molar-refractivity contribution in [3.05, 3.63) is 46.6 Å². The largest absolute Gasteiger partial charge is 0.476 e. The zero-order valence-electron chi connectivity index (χ0n) is 9.75. The van der Waals surface area contributed by atoms with Crippen molar-refractivity contribution in [1.29, 1.82) is 0 Å². The summed E-state index contributed by atoms with van der Waals surface area (Å²) >= 11 is 5.85. The fourth-order valence-corrected chi connectivity index (χ4v) is 2.15. The van der Waals surface area contributed by atoms with Crippen LogP contribution in [-0.4, -0.2) is 26.0 Å². The van der Waals surface area contributed by atoms with E-state index in [-0.39, 0.29) is 5.69 Å². The number of hydrogen-bond acceptors (Lipinski definition) is 5. The Balaban J connectivity index is 1.84. The number of pyridine rings is 1. The fraction of sp³-hybridized carbons (Fsp3) is 0.167. The summed E-state index contributed by atoms with van der Waals surface area (Å²) in [4.78, 5) is 24.9. The number of carboxylic acid groups (broad SMARTS) is 1. The summed E-state index contributed by atoms with van der Waals surface area (Å²) in [6.45, 7) is 1.26. The van der Waals surface area contributed by atoms with Crippen molar-refractivity contribution in [3.8, 4) is 0 Å². The Kier molecular flexibility index (Phi) is 2.79. The number of fused-ring (bicyclic) bond motifs is 1. The first-order valence-electron chi connectivity index (χ1n) is 5.58. The van der Waals surface area contributed by atoms with Crippen molar-refractivity contribution in [2.75, 3.05) is 4.90 Å². The zero-order valence-corrected chi connectivity index (χ0v) is 10.5. The molecule has 2 aromatic heterocycles. The first-order chi connectivity index (χ1) is 9.13. The quantitative estimate of drug-likeness (QED) is 0.842. The molecule has 19 heavy (non-hydrogen) atoms. The number of carboxylic acids is 1. The van der Waals surface area contributed by atoms with Crippen LogP contribution in [0.15, 0.2) is 24.5 Å². The number of rotatable bonds is 2. The van der Waals surface area contributed by atoms with Crippen molar-refractivity contribution >= 4 is 23.4 Å². The van der Waals surface area contributed by atoms with Crippen LogP contribution >= 0.6 is 11.6 Å². The molecule has 1 aliphatic heterocycles. The highest BCUT2D eigenvalue weighted by atomic mass is 35.5. The summed E-state index contributed by atoms with van der Waals surface area (Å²) in [5.74, 6) is -0.462. The van der Waals surface area contributed by atoms with Crippen LogP contribution in [0, 0.1) is 0 Å². The van der Waals surface area contributed by atoms with E-state index in [1.807, 2.05) is 11.0 Å². The Morgan fingerprint density at radius 2 is 2.11 bits per heavy atom. The molecule has 96 valence electrons.